The fourth-order valence-electron chi connectivity index (χ4n) is 3.74. The van der Waals surface area contributed by atoms with Crippen molar-refractivity contribution in [2.75, 3.05) is 44.7 Å². The second-order valence-corrected chi connectivity index (χ2v) is 6.90. The zero-order valence-corrected chi connectivity index (χ0v) is 14.2. The van der Waals surface area contributed by atoms with E-state index < -0.39 is 0 Å². The number of hydrogen-bond donors (Lipinski definition) is 0. The van der Waals surface area contributed by atoms with Crippen LogP contribution in [0.15, 0.2) is 42.5 Å². The highest BCUT2D eigenvalue weighted by atomic mass is 16.5. The maximum Gasteiger partial charge on any atom is 0.151 e. The van der Waals surface area contributed by atoms with Crippen LogP contribution < -0.4 is 4.90 Å². The Hall–Kier alpha value is -1.98. The third kappa shape index (κ3) is 3.14. The van der Waals surface area contributed by atoms with Crippen LogP contribution in [0.1, 0.15) is 12.8 Å². The van der Waals surface area contributed by atoms with E-state index in [9.17, 15) is 0 Å². The highest BCUT2D eigenvalue weighted by Crippen LogP contribution is 2.31. The van der Waals surface area contributed by atoms with Crippen molar-refractivity contribution in [3.8, 4) is 11.3 Å². The van der Waals surface area contributed by atoms with Gasteiger partial charge in [0.1, 0.15) is 0 Å². The van der Waals surface area contributed by atoms with Gasteiger partial charge in [-0.3, -0.25) is 0 Å². The molecule has 1 aromatic heterocycles. The first-order valence-electron chi connectivity index (χ1n) is 8.71. The molecule has 24 heavy (non-hydrogen) atoms. The molecule has 2 saturated heterocycles. The van der Waals surface area contributed by atoms with E-state index in [2.05, 4.69) is 51.3 Å². The van der Waals surface area contributed by atoms with Crippen LogP contribution in [0.2, 0.25) is 0 Å². The molecule has 0 aliphatic carbocycles. The number of benzene rings is 1. The number of aromatic nitrogens is 2. The molecule has 1 spiro atoms. The summed E-state index contributed by atoms with van der Waals surface area (Å²) in [6, 6.07) is 14.3. The Morgan fingerprint density at radius 2 is 1.75 bits per heavy atom. The zero-order chi connectivity index (χ0) is 16.4. The van der Waals surface area contributed by atoms with Gasteiger partial charge in [-0.05, 0) is 32.0 Å². The fourth-order valence-corrected chi connectivity index (χ4v) is 3.74. The van der Waals surface area contributed by atoms with Crippen LogP contribution in [0.25, 0.3) is 11.3 Å². The van der Waals surface area contributed by atoms with Gasteiger partial charge >= 0.3 is 0 Å². The molecule has 126 valence electrons. The second kappa shape index (κ2) is 6.49. The summed E-state index contributed by atoms with van der Waals surface area (Å²) >= 11 is 0. The zero-order valence-electron chi connectivity index (χ0n) is 14.2. The maximum absolute atomic E-state index is 6.13. The van der Waals surface area contributed by atoms with E-state index >= 15 is 0 Å². The lowest BCUT2D eigenvalue weighted by Crippen LogP contribution is -2.56. The first-order valence-corrected chi connectivity index (χ1v) is 8.71. The first-order chi connectivity index (χ1) is 11.7. The van der Waals surface area contributed by atoms with E-state index in [0.29, 0.717) is 0 Å². The van der Waals surface area contributed by atoms with Crippen molar-refractivity contribution in [2.24, 2.45) is 0 Å². The monoisotopic (exact) mass is 324 g/mol. The van der Waals surface area contributed by atoms with Crippen molar-refractivity contribution in [3.05, 3.63) is 42.5 Å². The van der Waals surface area contributed by atoms with Gasteiger partial charge < -0.3 is 14.5 Å². The van der Waals surface area contributed by atoms with E-state index in [-0.39, 0.29) is 5.60 Å². The molecular formula is C19H24N4O. The Kier molecular flexibility index (Phi) is 4.21. The molecule has 4 rings (SSSR count). The summed E-state index contributed by atoms with van der Waals surface area (Å²) in [5.74, 6) is 0.966. The van der Waals surface area contributed by atoms with Crippen molar-refractivity contribution in [1.29, 1.82) is 0 Å². The summed E-state index contributed by atoms with van der Waals surface area (Å²) in [6.07, 6.45) is 2.11. The number of nitrogens with zero attached hydrogens (tertiary/aromatic N) is 4. The van der Waals surface area contributed by atoms with Gasteiger partial charge in [0.2, 0.25) is 0 Å². The van der Waals surface area contributed by atoms with E-state index in [1.807, 2.05) is 18.2 Å². The minimum absolute atomic E-state index is 0.0426. The molecule has 0 atom stereocenters. The summed E-state index contributed by atoms with van der Waals surface area (Å²) in [7, 11) is 2.18. The molecule has 2 aliphatic rings. The molecule has 3 heterocycles. The summed E-state index contributed by atoms with van der Waals surface area (Å²) in [6.45, 7) is 4.89. The van der Waals surface area contributed by atoms with Crippen LogP contribution in [0.3, 0.4) is 0 Å². The third-order valence-electron chi connectivity index (χ3n) is 5.16. The number of anilines is 1. The molecule has 0 bridgehead atoms. The normalized spacial score (nSPS) is 21.1. The molecule has 1 aromatic carbocycles. The molecule has 0 saturated carbocycles. The molecular weight excluding hydrogens is 300 g/mol. The highest BCUT2D eigenvalue weighted by molar-refractivity contribution is 5.59. The average Bonchev–Trinajstić information content (AvgIpc) is 2.63. The van der Waals surface area contributed by atoms with E-state index in [1.165, 1.54) is 0 Å². The summed E-state index contributed by atoms with van der Waals surface area (Å²) in [5.41, 5.74) is 2.07. The van der Waals surface area contributed by atoms with E-state index in [0.717, 1.165) is 62.7 Å². The molecule has 2 aliphatic heterocycles. The van der Waals surface area contributed by atoms with Crippen molar-refractivity contribution in [1.82, 2.24) is 15.1 Å². The molecule has 0 unspecified atom stereocenters. The maximum atomic E-state index is 6.13. The largest absolute Gasteiger partial charge is 0.372 e. The van der Waals surface area contributed by atoms with Crippen LogP contribution in [0.5, 0.6) is 0 Å². The van der Waals surface area contributed by atoms with Crippen molar-refractivity contribution in [3.63, 3.8) is 0 Å². The quantitative estimate of drug-likeness (QED) is 0.849. The number of rotatable bonds is 2. The summed E-state index contributed by atoms with van der Waals surface area (Å²) in [5, 5.41) is 8.86. The topological polar surface area (TPSA) is 41.5 Å². The minimum atomic E-state index is 0.0426. The van der Waals surface area contributed by atoms with Gasteiger partial charge in [-0.15, -0.1) is 10.2 Å². The Morgan fingerprint density at radius 1 is 0.958 bits per heavy atom. The van der Waals surface area contributed by atoms with Crippen molar-refractivity contribution >= 4 is 5.82 Å². The Labute approximate surface area is 143 Å². The van der Waals surface area contributed by atoms with Crippen LogP contribution in [-0.4, -0.2) is 60.5 Å². The highest BCUT2D eigenvalue weighted by Gasteiger charge is 2.39. The van der Waals surface area contributed by atoms with Crippen LogP contribution in [0, 0.1) is 0 Å². The summed E-state index contributed by atoms with van der Waals surface area (Å²) < 4.78 is 6.13. The van der Waals surface area contributed by atoms with Gasteiger partial charge in [0.25, 0.3) is 0 Å². The smallest absolute Gasteiger partial charge is 0.151 e. The molecule has 0 radical (unpaired) electrons. The lowest BCUT2D eigenvalue weighted by atomic mass is 9.89. The average molecular weight is 324 g/mol. The second-order valence-electron chi connectivity index (χ2n) is 6.90. The fraction of sp³-hybridized carbons (Fsp3) is 0.474. The predicted octanol–water partition coefficient (Wildman–Crippen LogP) is 2.44. The SMILES string of the molecule is CN1CCOC2(CCN(c3ccc(-c4ccccc4)nn3)CC2)C1. The van der Waals surface area contributed by atoms with Gasteiger partial charge in [0, 0.05) is 31.7 Å². The van der Waals surface area contributed by atoms with Crippen molar-refractivity contribution < 1.29 is 4.74 Å². The Bertz CT molecular complexity index is 666. The lowest BCUT2D eigenvalue weighted by molar-refractivity contribution is -0.115. The first kappa shape index (κ1) is 15.5. The van der Waals surface area contributed by atoms with Gasteiger partial charge in [-0.25, -0.2) is 0 Å². The predicted molar refractivity (Wildman–Crippen MR) is 95.1 cm³/mol. The molecule has 2 aromatic rings. The Morgan fingerprint density at radius 3 is 2.42 bits per heavy atom. The van der Waals surface area contributed by atoms with Crippen LogP contribution in [-0.2, 0) is 4.74 Å². The number of ether oxygens (including phenoxy) is 1. The number of likely N-dealkylation sites (N-methyl/N-ethyl adjacent to an activating group) is 1. The molecule has 2 fully saturated rings. The molecule has 0 N–H and O–H groups in total. The van der Waals surface area contributed by atoms with Gasteiger partial charge in [0.15, 0.2) is 5.82 Å². The standard InChI is InChI=1S/C19H24N4O/c1-22-13-14-24-19(15-22)9-11-23(12-10-19)18-8-7-17(20-21-18)16-5-3-2-4-6-16/h2-8H,9-15H2,1H3. The molecule has 5 nitrogen and oxygen atoms in total. The summed E-state index contributed by atoms with van der Waals surface area (Å²) in [4.78, 5) is 4.71. The van der Waals surface area contributed by atoms with Gasteiger partial charge in [-0.2, -0.15) is 0 Å². The van der Waals surface area contributed by atoms with Gasteiger partial charge in [0.05, 0.1) is 17.9 Å². The van der Waals surface area contributed by atoms with Gasteiger partial charge in [-0.1, -0.05) is 30.3 Å². The van der Waals surface area contributed by atoms with E-state index in [4.69, 9.17) is 4.74 Å². The number of morpholine rings is 1. The van der Waals surface area contributed by atoms with Crippen molar-refractivity contribution in [2.45, 2.75) is 18.4 Å². The van der Waals surface area contributed by atoms with Crippen LogP contribution >= 0.6 is 0 Å². The lowest BCUT2D eigenvalue weighted by Gasteiger charge is -2.46. The number of hydrogen-bond acceptors (Lipinski definition) is 5. The number of piperidine rings is 1. The van der Waals surface area contributed by atoms with Crippen LogP contribution in [0.4, 0.5) is 5.82 Å². The molecule has 0 amide bonds. The molecule has 5 heteroatoms. The van der Waals surface area contributed by atoms with E-state index in [1.54, 1.807) is 0 Å². The third-order valence-corrected chi connectivity index (χ3v) is 5.16. The Balaban J connectivity index is 1.42. The minimum Gasteiger partial charge on any atom is -0.372 e.